The second-order valence-electron chi connectivity index (χ2n) is 6.85. The SMILES string of the molecule is C=C(C)C(=O)OCCCC1CCC[Si](C)(OCC)C1(OCC)OCC. The summed E-state index contributed by atoms with van der Waals surface area (Å²) < 4.78 is 24.1. The van der Waals surface area contributed by atoms with Crippen LogP contribution in [0.2, 0.25) is 12.6 Å². The van der Waals surface area contributed by atoms with Gasteiger partial charge >= 0.3 is 5.97 Å². The molecule has 2 unspecified atom stereocenters. The average Bonchev–Trinajstić information content (AvgIpc) is 2.55. The Labute approximate surface area is 154 Å². The molecule has 6 heteroatoms. The summed E-state index contributed by atoms with van der Waals surface area (Å²) in [7, 11) is -2.19. The van der Waals surface area contributed by atoms with Crippen LogP contribution < -0.4 is 0 Å². The monoisotopic (exact) mass is 372 g/mol. The molecular weight excluding hydrogens is 336 g/mol. The Morgan fingerprint density at radius 2 is 1.84 bits per heavy atom. The van der Waals surface area contributed by atoms with Crippen molar-refractivity contribution in [1.82, 2.24) is 0 Å². The summed E-state index contributed by atoms with van der Waals surface area (Å²) in [6.07, 6.45) is 3.90. The van der Waals surface area contributed by atoms with Gasteiger partial charge in [-0.3, -0.25) is 0 Å². The number of esters is 1. The van der Waals surface area contributed by atoms with E-state index in [-0.39, 0.29) is 11.9 Å². The zero-order valence-corrected chi connectivity index (χ0v) is 17.7. The van der Waals surface area contributed by atoms with Crippen molar-refractivity contribution in [2.75, 3.05) is 26.4 Å². The van der Waals surface area contributed by atoms with Gasteiger partial charge in [-0.15, -0.1) is 0 Å². The van der Waals surface area contributed by atoms with Crippen LogP contribution >= 0.6 is 0 Å². The fourth-order valence-corrected chi connectivity index (χ4v) is 8.20. The highest BCUT2D eigenvalue weighted by Crippen LogP contribution is 2.46. The van der Waals surface area contributed by atoms with E-state index in [1.54, 1.807) is 6.92 Å². The van der Waals surface area contributed by atoms with Crippen LogP contribution in [0.5, 0.6) is 0 Å². The normalized spacial score (nSPS) is 25.6. The van der Waals surface area contributed by atoms with E-state index in [1.807, 2.05) is 20.8 Å². The summed E-state index contributed by atoms with van der Waals surface area (Å²) in [5, 5.41) is 0. The second kappa shape index (κ2) is 10.5. The van der Waals surface area contributed by atoms with Crippen LogP contribution in [0.15, 0.2) is 12.2 Å². The molecule has 0 aromatic heterocycles. The zero-order chi connectivity index (χ0) is 18.9. The zero-order valence-electron chi connectivity index (χ0n) is 16.7. The number of ether oxygens (including phenoxy) is 3. The maximum absolute atomic E-state index is 11.5. The molecule has 25 heavy (non-hydrogen) atoms. The van der Waals surface area contributed by atoms with Crippen molar-refractivity contribution in [2.45, 2.75) is 71.4 Å². The topological polar surface area (TPSA) is 54.0 Å². The van der Waals surface area contributed by atoms with Gasteiger partial charge in [-0.05, 0) is 59.5 Å². The van der Waals surface area contributed by atoms with Crippen molar-refractivity contribution in [3.63, 3.8) is 0 Å². The van der Waals surface area contributed by atoms with Gasteiger partial charge in [0.05, 0.1) is 6.61 Å². The molecule has 0 aromatic carbocycles. The molecular formula is C19H36O5Si. The first kappa shape index (κ1) is 22.3. The van der Waals surface area contributed by atoms with Crippen LogP contribution in [0.1, 0.15) is 53.4 Å². The van der Waals surface area contributed by atoms with E-state index in [0.717, 1.165) is 31.7 Å². The third-order valence-electron chi connectivity index (χ3n) is 4.94. The lowest BCUT2D eigenvalue weighted by Crippen LogP contribution is -2.67. The van der Waals surface area contributed by atoms with Crippen molar-refractivity contribution in [1.29, 1.82) is 0 Å². The number of carbonyl (C=O) groups is 1. The lowest BCUT2D eigenvalue weighted by molar-refractivity contribution is -0.228. The first-order valence-corrected chi connectivity index (χ1v) is 12.2. The van der Waals surface area contributed by atoms with Gasteiger partial charge in [0, 0.05) is 31.3 Å². The lowest BCUT2D eigenvalue weighted by Gasteiger charge is -2.52. The second-order valence-corrected chi connectivity index (χ2v) is 10.8. The molecule has 2 atom stereocenters. The molecule has 1 heterocycles. The molecule has 0 aliphatic carbocycles. The predicted molar refractivity (Wildman–Crippen MR) is 102 cm³/mol. The van der Waals surface area contributed by atoms with E-state index in [9.17, 15) is 4.79 Å². The van der Waals surface area contributed by atoms with Crippen LogP contribution in [0.3, 0.4) is 0 Å². The minimum Gasteiger partial charge on any atom is -0.462 e. The van der Waals surface area contributed by atoms with Gasteiger partial charge in [0.25, 0.3) is 8.32 Å². The average molecular weight is 373 g/mol. The fourth-order valence-electron chi connectivity index (χ4n) is 3.94. The molecule has 0 amide bonds. The van der Waals surface area contributed by atoms with Gasteiger partial charge in [0.15, 0.2) is 5.41 Å². The summed E-state index contributed by atoms with van der Waals surface area (Å²) >= 11 is 0. The van der Waals surface area contributed by atoms with E-state index in [2.05, 4.69) is 13.1 Å². The molecule has 1 fully saturated rings. The minimum absolute atomic E-state index is 0.271. The van der Waals surface area contributed by atoms with Crippen LogP contribution in [0, 0.1) is 5.92 Å². The lowest BCUT2D eigenvalue weighted by atomic mass is 9.96. The van der Waals surface area contributed by atoms with Crippen LogP contribution in [-0.4, -0.2) is 46.1 Å². The van der Waals surface area contributed by atoms with Crippen LogP contribution in [-0.2, 0) is 23.4 Å². The van der Waals surface area contributed by atoms with Gasteiger partial charge in [-0.25, -0.2) is 4.79 Å². The Morgan fingerprint density at radius 1 is 1.20 bits per heavy atom. The summed E-state index contributed by atoms with van der Waals surface area (Å²) in [6, 6.07) is 1.06. The van der Waals surface area contributed by atoms with Gasteiger partial charge in [0.1, 0.15) is 0 Å². The predicted octanol–water partition coefficient (Wildman–Crippen LogP) is 4.22. The Hall–Kier alpha value is -0.693. The molecule has 0 N–H and O–H groups in total. The maximum atomic E-state index is 11.5. The first-order chi connectivity index (χ1) is 11.9. The molecule has 1 aliphatic rings. The Bertz CT molecular complexity index is 430. The molecule has 5 nitrogen and oxygen atoms in total. The Balaban J connectivity index is 2.85. The van der Waals surface area contributed by atoms with Crippen molar-refractivity contribution in [3.05, 3.63) is 12.2 Å². The van der Waals surface area contributed by atoms with Crippen molar-refractivity contribution in [3.8, 4) is 0 Å². The molecule has 0 saturated carbocycles. The molecule has 0 radical (unpaired) electrons. The third kappa shape index (κ3) is 5.39. The van der Waals surface area contributed by atoms with E-state index in [0.29, 0.717) is 32.0 Å². The number of hydrogen-bond acceptors (Lipinski definition) is 5. The molecule has 1 rings (SSSR count). The third-order valence-corrected chi connectivity index (χ3v) is 9.34. The van der Waals surface area contributed by atoms with E-state index >= 15 is 0 Å². The summed E-state index contributed by atoms with van der Waals surface area (Å²) in [6.45, 7) is 15.9. The molecule has 0 spiro atoms. The van der Waals surface area contributed by atoms with Crippen molar-refractivity contribution >= 4 is 14.3 Å². The first-order valence-electron chi connectivity index (χ1n) is 9.61. The molecule has 0 aromatic rings. The van der Waals surface area contributed by atoms with Crippen LogP contribution in [0.25, 0.3) is 0 Å². The highest BCUT2D eigenvalue weighted by atomic mass is 28.4. The Morgan fingerprint density at radius 3 is 2.36 bits per heavy atom. The fraction of sp³-hybridized carbons (Fsp3) is 0.842. The summed E-state index contributed by atoms with van der Waals surface area (Å²) in [5.41, 5.74) is -0.171. The van der Waals surface area contributed by atoms with Gasteiger partial charge in [-0.1, -0.05) is 13.0 Å². The minimum atomic E-state index is -2.19. The highest BCUT2D eigenvalue weighted by Gasteiger charge is 2.60. The maximum Gasteiger partial charge on any atom is 0.333 e. The summed E-state index contributed by atoms with van der Waals surface area (Å²) in [5.74, 6) is -0.0500. The molecule has 1 saturated heterocycles. The molecule has 1 aliphatic heterocycles. The van der Waals surface area contributed by atoms with E-state index < -0.39 is 13.7 Å². The van der Waals surface area contributed by atoms with E-state index in [1.165, 1.54) is 0 Å². The van der Waals surface area contributed by atoms with E-state index in [4.69, 9.17) is 18.6 Å². The number of carbonyl (C=O) groups excluding carboxylic acids is 1. The standard InChI is InChI=1S/C19H36O5Si/c1-7-22-19(23-8-2)17(12-10-14-21-18(20)16(4)5)13-11-15-25(19,6)24-9-3/h17H,4,7-15H2,1-3,5-6H3. The summed E-state index contributed by atoms with van der Waals surface area (Å²) in [4.78, 5) is 11.5. The number of rotatable bonds is 11. The van der Waals surface area contributed by atoms with Crippen molar-refractivity contribution < 1.29 is 23.4 Å². The Kier molecular flexibility index (Phi) is 9.35. The molecule has 146 valence electrons. The van der Waals surface area contributed by atoms with Crippen LogP contribution in [0.4, 0.5) is 0 Å². The quantitative estimate of drug-likeness (QED) is 0.179. The van der Waals surface area contributed by atoms with Crippen molar-refractivity contribution in [2.24, 2.45) is 5.92 Å². The highest BCUT2D eigenvalue weighted by molar-refractivity contribution is 6.75. The number of hydrogen-bond donors (Lipinski definition) is 0. The largest absolute Gasteiger partial charge is 0.462 e. The molecule has 0 bridgehead atoms. The van der Waals surface area contributed by atoms with Gasteiger partial charge in [0.2, 0.25) is 0 Å². The van der Waals surface area contributed by atoms with Gasteiger partial charge < -0.3 is 18.6 Å². The smallest absolute Gasteiger partial charge is 0.333 e. The van der Waals surface area contributed by atoms with Gasteiger partial charge in [-0.2, -0.15) is 0 Å².